The average molecular weight is 255 g/mol. The number of ether oxygens (including phenoxy) is 1. The monoisotopic (exact) mass is 254 g/mol. The molecule has 3 nitrogen and oxygen atoms in total. The molecule has 0 saturated carbocycles. The van der Waals surface area contributed by atoms with E-state index < -0.39 is 0 Å². The van der Waals surface area contributed by atoms with Gasteiger partial charge in [0.25, 0.3) is 0 Å². The normalized spacial score (nSPS) is 10.8. The molecular weight excluding hydrogens is 240 g/mol. The Morgan fingerprint density at radius 1 is 1.53 bits per heavy atom. The zero-order chi connectivity index (χ0) is 12.7. The lowest BCUT2D eigenvalue weighted by Gasteiger charge is -2.01. The topological polar surface area (TPSA) is 46.5 Å². The van der Waals surface area contributed by atoms with Gasteiger partial charge in [-0.15, -0.1) is 0 Å². The first-order valence-electron chi connectivity index (χ1n) is 5.38. The lowest BCUT2D eigenvalue weighted by Crippen LogP contribution is -2.01. The Labute approximate surface area is 106 Å². The van der Waals surface area contributed by atoms with Crippen LogP contribution in [0.3, 0.4) is 0 Å². The number of halogens is 1. The van der Waals surface area contributed by atoms with E-state index in [1.54, 1.807) is 37.3 Å². The van der Waals surface area contributed by atoms with Gasteiger partial charge in [0.2, 0.25) is 0 Å². The molecule has 1 aromatic rings. The Kier molecular flexibility index (Phi) is 5.73. The summed E-state index contributed by atoms with van der Waals surface area (Å²) in [4.78, 5) is 11.1. The summed E-state index contributed by atoms with van der Waals surface area (Å²) in [5.41, 5.74) is 1.56. The van der Waals surface area contributed by atoms with E-state index in [9.17, 15) is 4.79 Å². The Morgan fingerprint density at radius 3 is 2.94 bits per heavy atom. The average Bonchev–Trinajstić information content (AvgIpc) is 2.32. The van der Waals surface area contributed by atoms with Crippen LogP contribution in [0.5, 0.6) is 0 Å². The van der Waals surface area contributed by atoms with Crippen LogP contribution in [0, 0.1) is 0 Å². The van der Waals surface area contributed by atoms with Crippen molar-refractivity contribution in [3.05, 3.63) is 40.4 Å². The van der Waals surface area contributed by atoms with Gasteiger partial charge < -0.3 is 9.84 Å². The predicted octanol–water partition coefficient (Wildman–Crippen LogP) is 2.80. The lowest BCUT2D eigenvalue weighted by molar-refractivity contribution is -0.142. The van der Waals surface area contributed by atoms with E-state index in [1.165, 1.54) is 0 Å². The number of aliphatic hydroxyl groups excluding tert-OH is 1. The molecule has 0 unspecified atom stereocenters. The van der Waals surface area contributed by atoms with Crippen molar-refractivity contribution in [1.82, 2.24) is 0 Å². The molecule has 1 N–H and O–H groups in total. The Bertz CT molecular complexity index is 413. The standard InChI is InChI=1S/C13H15ClO3/c1-2-17-13(16)5-3-4-11-8-10(9-15)6-7-12(11)14/h3-4,6-8,15H,2,5,9H2,1H3. The first kappa shape index (κ1) is 13.7. The van der Waals surface area contributed by atoms with Crippen LogP contribution >= 0.6 is 11.6 Å². The highest BCUT2D eigenvalue weighted by Crippen LogP contribution is 2.19. The van der Waals surface area contributed by atoms with Crippen LogP contribution in [-0.2, 0) is 16.1 Å². The van der Waals surface area contributed by atoms with Gasteiger partial charge in [-0.25, -0.2) is 0 Å². The highest BCUT2D eigenvalue weighted by Gasteiger charge is 2.00. The molecule has 0 heterocycles. The maximum absolute atomic E-state index is 11.1. The molecule has 0 amide bonds. The fraction of sp³-hybridized carbons (Fsp3) is 0.308. The summed E-state index contributed by atoms with van der Waals surface area (Å²) >= 11 is 5.98. The molecule has 0 bridgehead atoms. The summed E-state index contributed by atoms with van der Waals surface area (Å²) < 4.78 is 4.79. The third-order valence-corrected chi connectivity index (χ3v) is 2.47. The second-order valence-electron chi connectivity index (χ2n) is 3.43. The van der Waals surface area contributed by atoms with Crippen molar-refractivity contribution in [1.29, 1.82) is 0 Å². The maximum atomic E-state index is 11.1. The number of benzene rings is 1. The van der Waals surface area contributed by atoms with Crippen molar-refractivity contribution in [3.8, 4) is 0 Å². The Hall–Kier alpha value is -1.32. The first-order valence-corrected chi connectivity index (χ1v) is 5.76. The maximum Gasteiger partial charge on any atom is 0.309 e. The quantitative estimate of drug-likeness (QED) is 0.822. The molecule has 4 heteroatoms. The molecule has 0 radical (unpaired) electrons. The van der Waals surface area contributed by atoms with Crippen LogP contribution in [0.4, 0.5) is 0 Å². The summed E-state index contributed by atoms with van der Waals surface area (Å²) in [7, 11) is 0. The molecule has 0 aliphatic rings. The first-order chi connectivity index (χ1) is 8.17. The molecule has 1 aromatic carbocycles. The van der Waals surface area contributed by atoms with Crippen molar-refractivity contribution in [3.63, 3.8) is 0 Å². The van der Waals surface area contributed by atoms with Gasteiger partial charge in [-0.05, 0) is 30.2 Å². The van der Waals surface area contributed by atoms with Gasteiger partial charge in [-0.2, -0.15) is 0 Å². The predicted molar refractivity (Wildman–Crippen MR) is 67.7 cm³/mol. The molecule has 0 saturated heterocycles. The minimum atomic E-state index is -0.266. The van der Waals surface area contributed by atoms with Gasteiger partial charge in [-0.3, -0.25) is 4.79 Å². The summed E-state index contributed by atoms with van der Waals surface area (Å²) in [5.74, 6) is -0.266. The molecular formula is C13H15ClO3. The number of hydrogen-bond donors (Lipinski definition) is 1. The van der Waals surface area contributed by atoms with Crippen molar-refractivity contribution in [2.45, 2.75) is 20.0 Å². The van der Waals surface area contributed by atoms with Gasteiger partial charge in [0, 0.05) is 5.02 Å². The number of rotatable bonds is 5. The molecule has 17 heavy (non-hydrogen) atoms. The molecule has 0 fully saturated rings. The van der Waals surface area contributed by atoms with E-state index >= 15 is 0 Å². The molecule has 0 atom stereocenters. The zero-order valence-corrected chi connectivity index (χ0v) is 10.4. The second kappa shape index (κ2) is 7.09. The molecule has 0 aliphatic carbocycles. The summed E-state index contributed by atoms with van der Waals surface area (Å²) in [6.45, 7) is 2.12. The van der Waals surface area contributed by atoms with Crippen molar-refractivity contribution >= 4 is 23.6 Å². The van der Waals surface area contributed by atoms with Crippen LogP contribution in [0.1, 0.15) is 24.5 Å². The van der Waals surface area contributed by atoms with E-state index in [4.69, 9.17) is 21.4 Å². The molecule has 92 valence electrons. The van der Waals surface area contributed by atoms with Crippen LogP contribution in [0.25, 0.3) is 6.08 Å². The second-order valence-corrected chi connectivity index (χ2v) is 3.83. The van der Waals surface area contributed by atoms with Crippen molar-refractivity contribution in [2.24, 2.45) is 0 Å². The molecule has 0 aliphatic heterocycles. The fourth-order valence-corrected chi connectivity index (χ4v) is 1.50. The number of aliphatic hydroxyl groups is 1. The third kappa shape index (κ3) is 4.59. The van der Waals surface area contributed by atoms with E-state index in [0.717, 1.165) is 11.1 Å². The lowest BCUT2D eigenvalue weighted by atomic mass is 10.1. The smallest absolute Gasteiger partial charge is 0.309 e. The fourth-order valence-electron chi connectivity index (χ4n) is 1.32. The van der Waals surface area contributed by atoms with E-state index in [2.05, 4.69) is 0 Å². The van der Waals surface area contributed by atoms with E-state index in [0.29, 0.717) is 11.6 Å². The molecule has 0 spiro atoms. The number of esters is 1. The van der Waals surface area contributed by atoms with Crippen LogP contribution in [-0.4, -0.2) is 17.7 Å². The van der Waals surface area contributed by atoms with Gasteiger partial charge >= 0.3 is 5.97 Å². The molecule has 1 rings (SSSR count). The van der Waals surface area contributed by atoms with Gasteiger partial charge in [-0.1, -0.05) is 29.8 Å². The highest BCUT2D eigenvalue weighted by atomic mass is 35.5. The van der Waals surface area contributed by atoms with Crippen molar-refractivity contribution in [2.75, 3.05) is 6.61 Å². The largest absolute Gasteiger partial charge is 0.466 e. The molecule has 0 aromatic heterocycles. The van der Waals surface area contributed by atoms with Gasteiger partial charge in [0.15, 0.2) is 0 Å². The van der Waals surface area contributed by atoms with E-state index in [-0.39, 0.29) is 19.0 Å². The minimum Gasteiger partial charge on any atom is -0.466 e. The number of carbonyl (C=O) groups is 1. The zero-order valence-electron chi connectivity index (χ0n) is 9.65. The van der Waals surface area contributed by atoms with Crippen molar-refractivity contribution < 1.29 is 14.6 Å². The van der Waals surface area contributed by atoms with Gasteiger partial charge in [0.1, 0.15) is 0 Å². The van der Waals surface area contributed by atoms with Gasteiger partial charge in [0.05, 0.1) is 19.6 Å². The van der Waals surface area contributed by atoms with Crippen LogP contribution in [0.2, 0.25) is 5.02 Å². The van der Waals surface area contributed by atoms with Crippen LogP contribution in [0.15, 0.2) is 24.3 Å². The van der Waals surface area contributed by atoms with Crippen LogP contribution < -0.4 is 0 Å². The summed E-state index contributed by atoms with van der Waals surface area (Å²) in [6, 6.07) is 5.26. The third-order valence-electron chi connectivity index (χ3n) is 2.13. The Morgan fingerprint density at radius 2 is 2.29 bits per heavy atom. The SMILES string of the molecule is CCOC(=O)CC=Cc1cc(CO)ccc1Cl. The Balaban J connectivity index is 2.67. The minimum absolute atomic E-state index is 0.0319. The number of hydrogen-bond acceptors (Lipinski definition) is 3. The highest BCUT2D eigenvalue weighted by molar-refractivity contribution is 6.32. The summed E-state index contributed by atoms with van der Waals surface area (Å²) in [6.07, 6.45) is 3.66. The van der Waals surface area contributed by atoms with E-state index in [1.807, 2.05) is 0 Å². The summed E-state index contributed by atoms with van der Waals surface area (Å²) in [5, 5.41) is 9.58. The number of carbonyl (C=O) groups excluding carboxylic acids is 1.